The maximum Gasteiger partial charge on any atom is 0.0472 e. The maximum atomic E-state index is 5.92. The predicted molar refractivity (Wildman–Crippen MR) is 73.1 cm³/mol. The lowest BCUT2D eigenvalue weighted by molar-refractivity contribution is 0.0193. The van der Waals surface area contributed by atoms with Crippen LogP contribution in [0.2, 0.25) is 0 Å². The van der Waals surface area contributed by atoms with Crippen LogP contribution in [0.4, 0.5) is 0 Å². The second-order valence-corrected chi connectivity index (χ2v) is 5.88. The van der Waals surface area contributed by atoms with Crippen molar-refractivity contribution in [3.8, 4) is 0 Å². The summed E-state index contributed by atoms with van der Waals surface area (Å²) >= 11 is 0. The van der Waals surface area contributed by atoms with Crippen LogP contribution in [-0.2, 0) is 4.74 Å². The molecule has 3 N–H and O–H groups in total. The minimum absolute atomic E-state index is 0.302. The summed E-state index contributed by atoms with van der Waals surface area (Å²) in [6, 6.07) is 0. The summed E-state index contributed by atoms with van der Waals surface area (Å²) in [7, 11) is 0. The quantitative estimate of drug-likeness (QED) is 0.641. The maximum absolute atomic E-state index is 5.92. The largest absolute Gasteiger partial charge is 0.381 e. The van der Waals surface area contributed by atoms with Gasteiger partial charge in [-0.3, -0.25) is 0 Å². The first-order valence-electron chi connectivity index (χ1n) is 7.17. The number of unbranched alkanes of at least 4 members (excludes halogenated alkanes) is 1. The lowest BCUT2D eigenvalue weighted by Crippen LogP contribution is -2.44. The third-order valence-corrected chi connectivity index (χ3v) is 3.87. The molecule has 0 unspecified atom stereocenters. The second kappa shape index (κ2) is 8.06. The molecule has 0 spiro atoms. The Morgan fingerprint density at radius 3 is 2.53 bits per heavy atom. The third-order valence-electron chi connectivity index (χ3n) is 3.87. The molecule has 0 radical (unpaired) electrons. The lowest BCUT2D eigenvalue weighted by atomic mass is 9.80. The zero-order chi connectivity index (χ0) is 12.6. The first-order valence-corrected chi connectivity index (χ1v) is 7.17. The molecule has 3 heteroatoms. The minimum atomic E-state index is 0.302. The van der Waals surface area contributed by atoms with Gasteiger partial charge >= 0.3 is 0 Å². The van der Waals surface area contributed by atoms with Gasteiger partial charge in [0.2, 0.25) is 0 Å². The number of ether oxygens (including phenoxy) is 1. The van der Waals surface area contributed by atoms with Gasteiger partial charge in [0.05, 0.1) is 0 Å². The van der Waals surface area contributed by atoms with Crippen LogP contribution in [0.1, 0.15) is 46.0 Å². The van der Waals surface area contributed by atoms with E-state index in [2.05, 4.69) is 19.2 Å². The molecule has 0 atom stereocenters. The van der Waals surface area contributed by atoms with E-state index in [1.807, 2.05) is 0 Å². The van der Waals surface area contributed by atoms with Gasteiger partial charge in [-0.05, 0) is 43.7 Å². The molecule has 1 aliphatic rings. The Hall–Kier alpha value is -0.120. The van der Waals surface area contributed by atoms with Crippen LogP contribution in [0, 0.1) is 11.3 Å². The van der Waals surface area contributed by atoms with Crippen molar-refractivity contribution in [2.45, 2.75) is 46.0 Å². The molecule has 17 heavy (non-hydrogen) atoms. The van der Waals surface area contributed by atoms with Gasteiger partial charge in [0.1, 0.15) is 0 Å². The monoisotopic (exact) mass is 242 g/mol. The molecule has 102 valence electrons. The molecule has 0 aromatic carbocycles. The van der Waals surface area contributed by atoms with Crippen molar-refractivity contribution in [1.29, 1.82) is 0 Å². The highest BCUT2D eigenvalue weighted by atomic mass is 16.5. The third kappa shape index (κ3) is 5.84. The van der Waals surface area contributed by atoms with Gasteiger partial charge in [0.25, 0.3) is 0 Å². The van der Waals surface area contributed by atoms with Crippen molar-refractivity contribution in [2.24, 2.45) is 17.1 Å². The zero-order valence-corrected chi connectivity index (χ0v) is 11.6. The lowest BCUT2D eigenvalue weighted by Gasteiger charge is -2.36. The van der Waals surface area contributed by atoms with Crippen molar-refractivity contribution in [1.82, 2.24) is 5.32 Å². The van der Waals surface area contributed by atoms with E-state index < -0.39 is 0 Å². The van der Waals surface area contributed by atoms with Crippen LogP contribution in [0.25, 0.3) is 0 Å². The predicted octanol–water partition coefficient (Wildman–Crippen LogP) is 2.16. The van der Waals surface area contributed by atoms with E-state index in [-0.39, 0.29) is 0 Å². The van der Waals surface area contributed by atoms with Crippen LogP contribution in [0.3, 0.4) is 0 Å². The molecule has 0 bridgehead atoms. The molecule has 0 aromatic rings. The van der Waals surface area contributed by atoms with Crippen LogP contribution in [0.15, 0.2) is 0 Å². The van der Waals surface area contributed by atoms with Crippen molar-refractivity contribution in [3.05, 3.63) is 0 Å². The first kappa shape index (κ1) is 14.9. The van der Waals surface area contributed by atoms with E-state index in [4.69, 9.17) is 10.5 Å². The summed E-state index contributed by atoms with van der Waals surface area (Å²) in [5.41, 5.74) is 6.23. The number of hydrogen-bond donors (Lipinski definition) is 2. The van der Waals surface area contributed by atoms with Gasteiger partial charge in [-0.15, -0.1) is 0 Å². The molecule has 3 nitrogen and oxygen atoms in total. The highest BCUT2D eigenvalue weighted by Crippen LogP contribution is 2.28. The summed E-state index contributed by atoms with van der Waals surface area (Å²) < 4.78 is 5.41. The normalized spacial score (nSPS) is 19.8. The van der Waals surface area contributed by atoms with Crippen molar-refractivity contribution in [3.63, 3.8) is 0 Å². The summed E-state index contributed by atoms with van der Waals surface area (Å²) in [4.78, 5) is 0. The first-order chi connectivity index (χ1) is 8.18. The van der Waals surface area contributed by atoms with Crippen LogP contribution < -0.4 is 11.1 Å². The van der Waals surface area contributed by atoms with E-state index in [0.29, 0.717) is 5.41 Å². The number of nitrogens with one attached hydrogen (secondary N) is 1. The van der Waals surface area contributed by atoms with E-state index in [0.717, 1.165) is 51.6 Å². The average molecular weight is 242 g/mol. The Morgan fingerprint density at radius 1 is 1.24 bits per heavy atom. The molecule has 0 aliphatic carbocycles. The molecular weight excluding hydrogens is 212 g/mol. The molecule has 0 saturated carbocycles. The highest BCUT2D eigenvalue weighted by molar-refractivity contribution is 4.84. The Kier molecular flexibility index (Phi) is 7.09. The number of rotatable bonds is 8. The molecule has 1 rings (SSSR count). The average Bonchev–Trinajstić information content (AvgIpc) is 2.34. The molecule has 0 amide bonds. The fourth-order valence-corrected chi connectivity index (χ4v) is 2.41. The van der Waals surface area contributed by atoms with Gasteiger partial charge in [0.15, 0.2) is 0 Å². The Bertz CT molecular complexity index is 189. The van der Waals surface area contributed by atoms with Gasteiger partial charge < -0.3 is 15.8 Å². The fourth-order valence-electron chi connectivity index (χ4n) is 2.41. The summed E-state index contributed by atoms with van der Waals surface area (Å²) in [5.74, 6) is 0.834. The van der Waals surface area contributed by atoms with E-state index in [9.17, 15) is 0 Å². The molecule has 1 fully saturated rings. The van der Waals surface area contributed by atoms with Gasteiger partial charge in [0, 0.05) is 19.8 Å². The molecule has 0 aromatic heterocycles. The topological polar surface area (TPSA) is 47.3 Å². The van der Waals surface area contributed by atoms with E-state index >= 15 is 0 Å². The Labute approximate surface area is 106 Å². The Morgan fingerprint density at radius 2 is 1.94 bits per heavy atom. The van der Waals surface area contributed by atoms with Crippen molar-refractivity contribution >= 4 is 0 Å². The summed E-state index contributed by atoms with van der Waals surface area (Å²) in [5, 5.41) is 3.59. The van der Waals surface area contributed by atoms with Gasteiger partial charge in [-0.2, -0.15) is 0 Å². The summed E-state index contributed by atoms with van der Waals surface area (Å²) in [6.07, 6.45) is 6.20. The van der Waals surface area contributed by atoms with Gasteiger partial charge in [-0.25, -0.2) is 0 Å². The minimum Gasteiger partial charge on any atom is -0.381 e. The van der Waals surface area contributed by atoms with E-state index in [1.165, 1.54) is 19.3 Å². The second-order valence-electron chi connectivity index (χ2n) is 5.88. The number of nitrogens with two attached hydrogens (primary N) is 1. The SMILES string of the molecule is CC(C)CCCCNCC1(CN)CCOCC1. The molecular formula is C14H30N2O. The molecule has 1 heterocycles. The van der Waals surface area contributed by atoms with E-state index in [1.54, 1.807) is 0 Å². The molecule has 1 aliphatic heterocycles. The smallest absolute Gasteiger partial charge is 0.0472 e. The zero-order valence-electron chi connectivity index (χ0n) is 11.6. The fraction of sp³-hybridized carbons (Fsp3) is 1.00. The number of hydrogen-bond acceptors (Lipinski definition) is 3. The molecule has 1 saturated heterocycles. The van der Waals surface area contributed by atoms with Crippen LogP contribution in [-0.4, -0.2) is 32.8 Å². The van der Waals surface area contributed by atoms with Crippen LogP contribution >= 0.6 is 0 Å². The van der Waals surface area contributed by atoms with Gasteiger partial charge in [-0.1, -0.05) is 26.7 Å². The highest BCUT2D eigenvalue weighted by Gasteiger charge is 2.30. The van der Waals surface area contributed by atoms with Crippen LogP contribution in [0.5, 0.6) is 0 Å². The Balaban J connectivity index is 2.07. The van der Waals surface area contributed by atoms with Crippen molar-refractivity contribution < 1.29 is 4.74 Å². The summed E-state index contributed by atoms with van der Waals surface area (Å²) in [6.45, 7) is 9.33. The van der Waals surface area contributed by atoms with Crippen molar-refractivity contribution in [2.75, 3.05) is 32.8 Å². The standard InChI is InChI=1S/C14H30N2O/c1-13(2)5-3-4-8-16-12-14(11-15)6-9-17-10-7-14/h13,16H,3-12,15H2,1-2H3.